The zero-order valence-electron chi connectivity index (χ0n) is 19.7. The van der Waals surface area contributed by atoms with Gasteiger partial charge in [0.1, 0.15) is 17.6 Å². The van der Waals surface area contributed by atoms with Gasteiger partial charge in [0.15, 0.2) is 4.77 Å². The molecule has 1 aliphatic heterocycles. The number of nitrogens with zero attached hydrogens (tertiary/aromatic N) is 1. The summed E-state index contributed by atoms with van der Waals surface area (Å²) >= 11 is 5.36. The van der Waals surface area contributed by atoms with Gasteiger partial charge in [-0.25, -0.2) is 0 Å². The highest BCUT2D eigenvalue weighted by Crippen LogP contribution is 2.35. The number of fused-ring (bicyclic) bond motifs is 2. The standard InChI is InChI=1S/C26H31N3O4S/c1-3-32-22-14-18-13-17(2)33-23(18)15-19(22)16-27-24(30)11-5-4-8-12-29-25(31)20-9-6-7-10-21(20)28-26(29)34/h6-7,9-10,14-15,17H,3-5,8,11-13,16H2,1-2H3,(H,27,30)(H,28,34). The van der Waals surface area contributed by atoms with Crippen LogP contribution in [0, 0.1) is 4.77 Å². The van der Waals surface area contributed by atoms with Crippen LogP contribution in [-0.2, 0) is 24.3 Å². The maximum Gasteiger partial charge on any atom is 0.262 e. The van der Waals surface area contributed by atoms with Gasteiger partial charge in [0.2, 0.25) is 5.91 Å². The van der Waals surface area contributed by atoms with Gasteiger partial charge in [0.25, 0.3) is 5.56 Å². The number of hydrogen-bond acceptors (Lipinski definition) is 5. The Morgan fingerprint density at radius 2 is 2.09 bits per heavy atom. The first-order valence-corrected chi connectivity index (χ1v) is 12.3. The van der Waals surface area contributed by atoms with Crippen molar-refractivity contribution in [2.24, 2.45) is 0 Å². The minimum Gasteiger partial charge on any atom is -0.494 e. The number of aromatic nitrogens is 2. The second-order valence-electron chi connectivity index (χ2n) is 8.65. The van der Waals surface area contributed by atoms with Gasteiger partial charge in [-0.3, -0.25) is 14.2 Å². The van der Waals surface area contributed by atoms with Crippen LogP contribution in [0.15, 0.2) is 41.2 Å². The summed E-state index contributed by atoms with van der Waals surface area (Å²) < 4.78 is 13.7. The van der Waals surface area contributed by atoms with E-state index in [1.54, 1.807) is 10.6 Å². The number of hydrogen-bond donors (Lipinski definition) is 2. The van der Waals surface area contributed by atoms with Crippen molar-refractivity contribution in [1.82, 2.24) is 14.9 Å². The lowest BCUT2D eigenvalue weighted by molar-refractivity contribution is -0.121. The molecule has 180 valence electrons. The number of carbonyl (C=O) groups excluding carboxylic acids is 1. The largest absolute Gasteiger partial charge is 0.494 e. The highest BCUT2D eigenvalue weighted by Gasteiger charge is 2.22. The number of para-hydroxylation sites is 1. The van der Waals surface area contributed by atoms with E-state index in [2.05, 4.69) is 10.3 Å². The topological polar surface area (TPSA) is 85.4 Å². The Morgan fingerprint density at radius 3 is 2.91 bits per heavy atom. The molecule has 2 aromatic carbocycles. The van der Waals surface area contributed by atoms with Gasteiger partial charge in [-0.2, -0.15) is 0 Å². The number of H-pyrrole nitrogens is 1. The molecule has 0 saturated heterocycles. The molecule has 0 radical (unpaired) electrons. The van der Waals surface area contributed by atoms with E-state index in [1.807, 2.05) is 44.2 Å². The number of benzene rings is 2. The molecule has 0 fully saturated rings. The molecule has 2 N–H and O–H groups in total. The maximum absolute atomic E-state index is 12.7. The van der Waals surface area contributed by atoms with Crippen molar-refractivity contribution in [2.75, 3.05) is 6.61 Å². The van der Waals surface area contributed by atoms with Crippen LogP contribution in [0.25, 0.3) is 10.9 Å². The quantitative estimate of drug-likeness (QED) is 0.325. The van der Waals surface area contributed by atoms with Gasteiger partial charge in [0.05, 0.1) is 17.5 Å². The molecule has 34 heavy (non-hydrogen) atoms. The summed E-state index contributed by atoms with van der Waals surface area (Å²) in [6.45, 7) is 5.51. The second-order valence-corrected chi connectivity index (χ2v) is 9.04. The summed E-state index contributed by atoms with van der Waals surface area (Å²) in [5.74, 6) is 1.68. The van der Waals surface area contributed by atoms with Crippen molar-refractivity contribution in [3.63, 3.8) is 0 Å². The number of carbonyl (C=O) groups is 1. The Labute approximate surface area is 204 Å². The van der Waals surface area contributed by atoms with E-state index in [9.17, 15) is 9.59 Å². The number of nitrogens with one attached hydrogen (secondary N) is 2. The van der Waals surface area contributed by atoms with Crippen molar-refractivity contribution in [1.29, 1.82) is 0 Å². The van der Waals surface area contributed by atoms with Crippen LogP contribution in [0.2, 0.25) is 0 Å². The zero-order valence-corrected chi connectivity index (χ0v) is 20.5. The molecule has 1 aliphatic rings. The Kier molecular flexibility index (Phi) is 7.67. The molecular formula is C26H31N3O4S. The fraction of sp³-hybridized carbons (Fsp3) is 0.423. The summed E-state index contributed by atoms with van der Waals surface area (Å²) in [6, 6.07) is 11.4. The molecule has 0 saturated carbocycles. The Balaban J connectivity index is 1.25. The van der Waals surface area contributed by atoms with E-state index >= 15 is 0 Å². The third-order valence-corrected chi connectivity index (χ3v) is 6.35. The predicted molar refractivity (Wildman–Crippen MR) is 135 cm³/mol. The first-order valence-electron chi connectivity index (χ1n) is 11.9. The van der Waals surface area contributed by atoms with Gasteiger partial charge in [-0.15, -0.1) is 0 Å². The highest BCUT2D eigenvalue weighted by atomic mass is 32.1. The summed E-state index contributed by atoms with van der Waals surface area (Å²) in [5, 5.41) is 3.63. The minimum atomic E-state index is -0.0742. The first kappa shape index (κ1) is 24.0. The molecule has 1 unspecified atom stereocenters. The van der Waals surface area contributed by atoms with E-state index < -0.39 is 0 Å². The minimum absolute atomic E-state index is 0.00241. The molecule has 7 nitrogen and oxygen atoms in total. The number of rotatable bonds is 10. The summed E-state index contributed by atoms with van der Waals surface area (Å²) in [6.07, 6.45) is 3.82. The number of amides is 1. The van der Waals surface area contributed by atoms with Crippen LogP contribution < -0.4 is 20.3 Å². The van der Waals surface area contributed by atoms with Crippen molar-refractivity contribution in [3.05, 3.63) is 62.6 Å². The second kappa shape index (κ2) is 10.9. The lowest BCUT2D eigenvalue weighted by atomic mass is 10.1. The number of ether oxygens (including phenoxy) is 2. The summed E-state index contributed by atoms with van der Waals surface area (Å²) in [4.78, 5) is 28.2. The number of unbranched alkanes of at least 4 members (excludes halogenated alkanes) is 2. The molecule has 2 heterocycles. The summed E-state index contributed by atoms with van der Waals surface area (Å²) in [5.41, 5.74) is 2.75. The Hall–Kier alpha value is -3.13. The number of aromatic amines is 1. The van der Waals surface area contributed by atoms with Crippen molar-refractivity contribution in [3.8, 4) is 11.5 Å². The molecule has 4 rings (SSSR count). The Morgan fingerprint density at radius 1 is 1.26 bits per heavy atom. The molecule has 0 aliphatic carbocycles. The molecule has 1 aromatic heterocycles. The van der Waals surface area contributed by atoms with Crippen LogP contribution in [0.1, 0.15) is 50.7 Å². The molecule has 1 atom stereocenters. The molecule has 0 spiro atoms. The molecule has 0 bridgehead atoms. The van der Waals surface area contributed by atoms with Crippen LogP contribution in [0.4, 0.5) is 0 Å². The zero-order chi connectivity index (χ0) is 24.1. The van der Waals surface area contributed by atoms with Gasteiger partial charge < -0.3 is 19.8 Å². The smallest absolute Gasteiger partial charge is 0.262 e. The fourth-order valence-electron chi connectivity index (χ4n) is 4.33. The van der Waals surface area contributed by atoms with E-state index in [0.717, 1.165) is 53.8 Å². The molecular weight excluding hydrogens is 450 g/mol. The van der Waals surface area contributed by atoms with E-state index in [1.165, 1.54) is 0 Å². The van der Waals surface area contributed by atoms with Crippen LogP contribution in [0.5, 0.6) is 11.5 Å². The predicted octanol–water partition coefficient (Wildman–Crippen LogP) is 4.66. The SMILES string of the molecule is CCOc1cc2c(cc1CNC(=O)CCCCCn1c(=S)[nH]c3ccccc3c1=O)OC(C)C2. The van der Waals surface area contributed by atoms with Gasteiger partial charge in [-0.1, -0.05) is 18.6 Å². The van der Waals surface area contributed by atoms with E-state index in [0.29, 0.717) is 36.3 Å². The molecule has 3 aromatic rings. The maximum atomic E-state index is 12.7. The highest BCUT2D eigenvalue weighted by molar-refractivity contribution is 7.71. The van der Waals surface area contributed by atoms with Crippen molar-refractivity contribution < 1.29 is 14.3 Å². The van der Waals surface area contributed by atoms with Crippen LogP contribution in [0.3, 0.4) is 0 Å². The summed E-state index contributed by atoms with van der Waals surface area (Å²) in [7, 11) is 0. The van der Waals surface area contributed by atoms with Crippen molar-refractivity contribution in [2.45, 2.75) is 65.1 Å². The average molecular weight is 482 g/mol. The molecule has 8 heteroatoms. The Bertz CT molecular complexity index is 1300. The van der Waals surface area contributed by atoms with Gasteiger partial charge in [-0.05, 0) is 63.2 Å². The normalized spacial score (nSPS) is 14.6. The average Bonchev–Trinajstić information content (AvgIpc) is 3.18. The third kappa shape index (κ3) is 5.50. The third-order valence-electron chi connectivity index (χ3n) is 6.03. The monoisotopic (exact) mass is 481 g/mol. The van der Waals surface area contributed by atoms with Crippen LogP contribution in [-0.4, -0.2) is 28.2 Å². The van der Waals surface area contributed by atoms with Crippen LogP contribution >= 0.6 is 12.2 Å². The lowest BCUT2D eigenvalue weighted by Crippen LogP contribution is -2.23. The fourth-order valence-corrected chi connectivity index (χ4v) is 4.61. The molecule has 1 amide bonds. The van der Waals surface area contributed by atoms with Gasteiger partial charge in [0, 0.05) is 37.1 Å². The van der Waals surface area contributed by atoms with E-state index in [-0.39, 0.29) is 17.6 Å². The van der Waals surface area contributed by atoms with Crippen molar-refractivity contribution >= 4 is 29.0 Å². The lowest BCUT2D eigenvalue weighted by Gasteiger charge is -2.13. The van der Waals surface area contributed by atoms with E-state index in [4.69, 9.17) is 21.7 Å². The van der Waals surface area contributed by atoms with Gasteiger partial charge >= 0.3 is 0 Å². The first-order chi connectivity index (χ1) is 16.5.